The molecule has 1 heterocycles. The molecular formula is C14H20N2O2. The molecule has 0 radical (unpaired) electrons. The molecule has 0 spiro atoms. The smallest absolute Gasteiger partial charge is 0.414 e. The van der Waals surface area contributed by atoms with Gasteiger partial charge in [-0.15, -0.1) is 0 Å². The summed E-state index contributed by atoms with van der Waals surface area (Å²) in [6, 6.07) is 6.11. The number of ether oxygens (including phenoxy) is 1. The van der Waals surface area contributed by atoms with Crippen LogP contribution in [0.4, 0.5) is 10.5 Å². The Morgan fingerprint density at radius 2 is 2.22 bits per heavy atom. The van der Waals surface area contributed by atoms with Gasteiger partial charge in [-0.25, -0.2) is 4.79 Å². The molecule has 0 bridgehead atoms. The quantitative estimate of drug-likeness (QED) is 0.890. The van der Waals surface area contributed by atoms with Crippen LogP contribution in [0.3, 0.4) is 0 Å². The largest absolute Gasteiger partial charge is 0.449 e. The molecule has 0 saturated carbocycles. The van der Waals surface area contributed by atoms with Crippen molar-refractivity contribution in [2.45, 2.75) is 13.8 Å². The van der Waals surface area contributed by atoms with Crippen LogP contribution in [0.5, 0.6) is 0 Å². The summed E-state index contributed by atoms with van der Waals surface area (Å²) in [5, 5.41) is 3.13. The lowest BCUT2D eigenvalue weighted by Gasteiger charge is -2.33. The zero-order valence-corrected chi connectivity index (χ0v) is 11.2. The maximum atomic E-state index is 11.9. The molecule has 1 aromatic rings. The third kappa shape index (κ3) is 2.64. The molecule has 1 unspecified atom stereocenters. The molecule has 1 saturated heterocycles. The van der Waals surface area contributed by atoms with E-state index in [-0.39, 0.29) is 6.09 Å². The number of carbonyl (C=O) groups is 1. The summed E-state index contributed by atoms with van der Waals surface area (Å²) in [7, 11) is 1.91. The Balaban J connectivity index is 2.21. The van der Waals surface area contributed by atoms with Crippen molar-refractivity contribution in [2.75, 3.05) is 31.6 Å². The molecule has 1 N–H and O–H groups in total. The average molecular weight is 248 g/mol. The third-order valence-electron chi connectivity index (χ3n) is 3.24. The molecule has 2 rings (SSSR count). The first-order chi connectivity index (χ1) is 8.61. The Bertz CT molecular complexity index is 445. The SMILES string of the molecule is CNCC1COC(=O)N(c2ccc(C)cc2C)C1. The number of hydrogen-bond acceptors (Lipinski definition) is 3. The number of nitrogens with one attached hydrogen (secondary N) is 1. The van der Waals surface area contributed by atoms with Crippen molar-refractivity contribution in [3.05, 3.63) is 29.3 Å². The van der Waals surface area contributed by atoms with Crippen molar-refractivity contribution in [3.63, 3.8) is 0 Å². The topological polar surface area (TPSA) is 41.6 Å². The van der Waals surface area contributed by atoms with E-state index in [0.29, 0.717) is 19.1 Å². The summed E-state index contributed by atoms with van der Waals surface area (Å²) < 4.78 is 5.24. The molecule has 1 aromatic carbocycles. The van der Waals surface area contributed by atoms with Gasteiger partial charge < -0.3 is 10.1 Å². The minimum atomic E-state index is -0.241. The van der Waals surface area contributed by atoms with Crippen LogP contribution in [0.25, 0.3) is 0 Å². The van der Waals surface area contributed by atoms with E-state index < -0.39 is 0 Å². The van der Waals surface area contributed by atoms with Crippen LogP contribution in [0.1, 0.15) is 11.1 Å². The number of aryl methyl sites for hydroxylation is 2. The summed E-state index contributed by atoms with van der Waals surface area (Å²) >= 11 is 0. The van der Waals surface area contributed by atoms with Crippen LogP contribution in [-0.2, 0) is 4.74 Å². The van der Waals surface area contributed by atoms with Crippen LogP contribution in [0.2, 0.25) is 0 Å². The molecule has 4 heteroatoms. The number of amides is 1. The lowest BCUT2D eigenvalue weighted by Crippen LogP contribution is -2.46. The maximum absolute atomic E-state index is 11.9. The summed E-state index contributed by atoms with van der Waals surface area (Å²) in [5.74, 6) is 0.341. The van der Waals surface area contributed by atoms with Gasteiger partial charge in [-0.2, -0.15) is 0 Å². The van der Waals surface area contributed by atoms with Crippen LogP contribution < -0.4 is 10.2 Å². The minimum Gasteiger partial charge on any atom is -0.449 e. The first-order valence-electron chi connectivity index (χ1n) is 6.28. The average Bonchev–Trinajstić information content (AvgIpc) is 2.33. The number of nitrogens with zero attached hydrogens (tertiary/aromatic N) is 1. The van der Waals surface area contributed by atoms with E-state index in [4.69, 9.17) is 4.74 Å². The van der Waals surface area contributed by atoms with Gasteiger partial charge in [0.1, 0.15) is 0 Å². The second-order valence-corrected chi connectivity index (χ2v) is 4.90. The molecule has 4 nitrogen and oxygen atoms in total. The van der Waals surface area contributed by atoms with Gasteiger partial charge in [0.25, 0.3) is 0 Å². The van der Waals surface area contributed by atoms with E-state index in [9.17, 15) is 4.79 Å². The predicted molar refractivity (Wildman–Crippen MR) is 72.0 cm³/mol. The molecule has 0 aliphatic carbocycles. The van der Waals surface area contributed by atoms with Crippen molar-refractivity contribution in [1.29, 1.82) is 0 Å². The van der Waals surface area contributed by atoms with Gasteiger partial charge in [0, 0.05) is 24.7 Å². The highest BCUT2D eigenvalue weighted by Crippen LogP contribution is 2.25. The van der Waals surface area contributed by atoms with Gasteiger partial charge in [0.2, 0.25) is 0 Å². The summed E-state index contributed by atoms with van der Waals surface area (Å²) in [6.07, 6.45) is -0.241. The highest BCUT2D eigenvalue weighted by atomic mass is 16.6. The normalized spacial score (nSPS) is 19.8. The number of benzene rings is 1. The fraction of sp³-hybridized carbons (Fsp3) is 0.500. The van der Waals surface area contributed by atoms with Gasteiger partial charge in [0.15, 0.2) is 0 Å². The molecule has 18 heavy (non-hydrogen) atoms. The number of carbonyl (C=O) groups excluding carboxylic acids is 1. The standard InChI is InChI=1S/C14H20N2O2/c1-10-4-5-13(11(2)6-10)16-8-12(7-15-3)9-18-14(16)17/h4-6,12,15H,7-9H2,1-3H3. The third-order valence-corrected chi connectivity index (χ3v) is 3.24. The van der Waals surface area contributed by atoms with E-state index in [1.54, 1.807) is 4.90 Å². The molecular weight excluding hydrogens is 228 g/mol. The highest BCUT2D eigenvalue weighted by Gasteiger charge is 2.28. The Morgan fingerprint density at radius 1 is 1.44 bits per heavy atom. The molecule has 1 atom stereocenters. The molecule has 0 aromatic heterocycles. The highest BCUT2D eigenvalue weighted by molar-refractivity contribution is 5.89. The van der Waals surface area contributed by atoms with Crippen LogP contribution in [0, 0.1) is 19.8 Å². The second kappa shape index (κ2) is 5.40. The van der Waals surface area contributed by atoms with Gasteiger partial charge in [0.05, 0.1) is 6.61 Å². The first-order valence-corrected chi connectivity index (χ1v) is 6.28. The van der Waals surface area contributed by atoms with Crippen molar-refractivity contribution in [3.8, 4) is 0 Å². The Kier molecular flexibility index (Phi) is 3.87. The van der Waals surface area contributed by atoms with E-state index in [2.05, 4.69) is 18.3 Å². The molecule has 98 valence electrons. The molecule has 1 aliphatic rings. The number of cyclic esters (lactones) is 1. The van der Waals surface area contributed by atoms with Crippen molar-refractivity contribution < 1.29 is 9.53 Å². The van der Waals surface area contributed by atoms with E-state index in [0.717, 1.165) is 17.8 Å². The van der Waals surface area contributed by atoms with Crippen molar-refractivity contribution in [2.24, 2.45) is 5.92 Å². The Hall–Kier alpha value is -1.55. The van der Waals surface area contributed by atoms with Gasteiger partial charge in [-0.05, 0) is 32.5 Å². The first kappa shape index (κ1) is 12.9. The summed E-state index contributed by atoms with van der Waals surface area (Å²) in [6.45, 7) is 6.14. The fourth-order valence-electron chi connectivity index (χ4n) is 2.37. The zero-order chi connectivity index (χ0) is 13.1. The van der Waals surface area contributed by atoms with E-state index >= 15 is 0 Å². The Morgan fingerprint density at radius 3 is 2.89 bits per heavy atom. The zero-order valence-electron chi connectivity index (χ0n) is 11.2. The van der Waals surface area contributed by atoms with Gasteiger partial charge >= 0.3 is 6.09 Å². The van der Waals surface area contributed by atoms with Crippen molar-refractivity contribution >= 4 is 11.8 Å². The number of rotatable bonds is 3. The number of anilines is 1. The Labute approximate surface area is 108 Å². The van der Waals surface area contributed by atoms with Gasteiger partial charge in [-0.1, -0.05) is 17.7 Å². The summed E-state index contributed by atoms with van der Waals surface area (Å²) in [5.41, 5.74) is 3.26. The van der Waals surface area contributed by atoms with Gasteiger partial charge in [-0.3, -0.25) is 4.90 Å². The maximum Gasteiger partial charge on any atom is 0.414 e. The van der Waals surface area contributed by atoms with E-state index in [1.807, 2.05) is 26.1 Å². The molecule has 1 fully saturated rings. The van der Waals surface area contributed by atoms with Crippen LogP contribution >= 0.6 is 0 Å². The monoisotopic (exact) mass is 248 g/mol. The van der Waals surface area contributed by atoms with Crippen LogP contribution in [0.15, 0.2) is 18.2 Å². The van der Waals surface area contributed by atoms with E-state index in [1.165, 1.54) is 5.56 Å². The van der Waals surface area contributed by atoms with Crippen molar-refractivity contribution in [1.82, 2.24) is 5.32 Å². The fourth-order valence-corrected chi connectivity index (χ4v) is 2.37. The lowest BCUT2D eigenvalue weighted by atomic mass is 10.1. The second-order valence-electron chi connectivity index (χ2n) is 4.90. The van der Waals surface area contributed by atoms with Crippen LogP contribution in [-0.4, -0.2) is 32.8 Å². The summed E-state index contributed by atoms with van der Waals surface area (Å²) in [4.78, 5) is 13.6. The lowest BCUT2D eigenvalue weighted by molar-refractivity contribution is 0.115. The molecule has 1 aliphatic heterocycles. The molecule has 1 amide bonds. The minimum absolute atomic E-state index is 0.241. The predicted octanol–water partition coefficient (Wildman–Crippen LogP) is 2.10. The number of hydrogen-bond donors (Lipinski definition) is 1.